The Morgan fingerprint density at radius 1 is 1.16 bits per heavy atom. The number of nitrogens with zero attached hydrogens (tertiary/aromatic N) is 2. The minimum atomic E-state index is -0.0986. The Bertz CT molecular complexity index is 599. The van der Waals surface area contributed by atoms with Gasteiger partial charge in [0.25, 0.3) is 0 Å². The van der Waals surface area contributed by atoms with Crippen LogP contribution in [0.25, 0.3) is 11.0 Å². The molecule has 0 saturated heterocycles. The summed E-state index contributed by atoms with van der Waals surface area (Å²) in [5, 5.41) is 0. The molecule has 0 spiro atoms. The van der Waals surface area contributed by atoms with Gasteiger partial charge in [0.15, 0.2) is 11.5 Å². The van der Waals surface area contributed by atoms with Crippen molar-refractivity contribution in [3.8, 4) is 11.5 Å². The van der Waals surface area contributed by atoms with Crippen molar-refractivity contribution >= 4 is 22.6 Å². The predicted octanol–water partition coefficient (Wildman–Crippen LogP) is 3.55. The molecule has 0 fully saturated rings. The van der Waals surface area contributed by atoms with Crippen molar-refractivity contribution in [1.29, 1.82) is 0 Å². The van der Waals surface area contributed by atoms with E-state index in [1.54, 1.807) is 14.2 Å². The second-order valence-corrected chi connectivity index (χ2v) is 5.63. The lowest BCUT2D eigenvalue weighted by molar-refractivity contribution is 0.355. The first-order valence-corrected chi connectivity index (χ1v) is 6.65. The Hall–Kier alpha value is -1.42. The number of methoxy groups -OCH3 is 2. The number of halogens is 1. The molecule has 0 saturated carbocycles. The fraction of sp³-hybridized carbons (Fsp3) is 0.500. The molecule has 0 radical (unpaired) electrons. The maximum absolute atomic E-state index is 6.01. The lowest BCUT2D eigenvalue weighted by atomic mass is 10.1. The van der Waals surface area contributed by atoms with Crippen LogP contribution in [0.2, 0.25) is 0 Å². The number of rotatable bonds is 3. The highest BCUT2D eigenvalue weighted by molar-refractivity contribution is 6.16. The van der Waals surface area contributed by atoms with Gasteiger partial charge in [-0.15, -0.1) is 11.6 Å². The Kier molecular flexibility index (Phi) is 3.63. The summed E-state index contributed by atoms with van der Waals surface area (Å²) in [5.41, 5.74) is 1.77. The number of alkyl halides is 1. The zero-order chi connectivity index (χ0) is 14.2. The average molecular weight is 283 g/mol. The number of imidazole rings is 1. The van der Waals surface area contributed by atoms with E-state index in [1.807, 2.05) is 12.1 Å². The number of ether oxygens (including phenoxy) is 2. The summed E-state index contributed by atoms with van der Waals surface area (Å²) < 4.78 is 12.8. The second kappa shape index (κ2) is 4.93. The summed E-state index contributed by atoms with van der Waals surface area (Å²) in [6, 6.07) is 3.83. The third-order valence-corrected chi connectivity index (χ3v) is 3.26. The molecule has 0 bridgehead atoms. The standard InChI is InChI=1S/C14H19ClN2O2/c1-14(2,3)17-10-7-12(19-5)11(18-4)6-9(10)16-13(17)8-15/h6-7H,8H2,1-5H3. The number of fused-ring (bicyclic) bond motifs is 1. The highest BCUT2D eigenvalue weighted by atomic mass is 35.5. The Morgan fingerprint density at radius 3 is 2.21 bits per heavy atom. The van der Waals surface area contributed by atoms with Gasteiger partial charge >= 0.3 is 0 Å². The van der Waals surface area contributed by atoms with E-state index in [4.69, 9.17) is 21.1 Å². The van der Waals surface area contributed by atoms with E-state index in [-0.39, 0.29) is 5.54 Å². The van der Waals surface area contributed by atoms with E-state index in [0.29, 0.717) is 17.4 Å². The van der Waals surface area contributed by atoms with Gasteiger partial charge in [0.1, 0.15) is 5.82 Å². The lowest BCUT2D eigenvalue weighted by Gasteiger charge is -2.24. The van der Waals surface area contributed by atoms with Gasteiger partial charge in [-0.2, -0.15) is 0 Å². The lowest BCUT2D eigenvalue weighted by Crippen LogP contribution is -2.23. The molecule has 19 heavy (non-hydrogen) atoms. The Labute approximate surface area is 118 Å². The quantitative estimate of drug-likeness (QED) is 0.808. The summed E-state index contributed by atoms with van der Waals surface area (Å²) in [5.74, 6) is 2.59. The fourth-order valence-electron chi connectivity index (χ4n) is 2.29. The number of hydrogen-bond acceptors (Lipinski definition) is 3. The van der Waals surface area contributed by atoms with Crippen LogP contribution in [0.1, 0.15) is 26.6 Å². The van der Waals surface area contributed by atoms with Crippen molar-refractivity contribution in [3.63, 3.8) is 0 Å². The third-order valence-electron chi connectivity index (χ3n) is 3.02. The van der Waals surface area contributed by atoms with Gasteiger partial charge in [-0.3, -0.25) is 0 Å². The van der Waals surface area contributed by atoms with Crippen LogP contribution < -0.4 is 9.47 Å². The number of aromatic nitrogens is 2. The molecular weight excluding hydrogens is 264 g/mol. The minimum absolute atomic E-state index is 0.0986. The average Bonchev–Trinajstić information content (AvgIpc) is 2.73. The van der Waals surface area contributed by atoms with Crippen LogP contribution in [0.3, 0.4) is 0 Å². The number of benzene rings is 1. The van der Waals surface area contributed by atoms with Crippen LogP contribution in [0.4, 0.5) is 0 Å². The summed E-state index contributed by atoms with van der Waals surface area (Å²) in [6.07, 6.45) is 0. The van der Waals surface area contributed by atoms with Crippen molar-refractivity contribution in [2.24, 2.45) is 0 Å². The molecule has 1 aromatic carbocycles. The molecule has 5 heteroatoms. The third kappa shape index (κ3) is 2.37. The van der Waals surface area contributed by atoms with Crippen LogP contribution in [-0.4, -0.2) is 23.8 Å². The van der Waals surface area contributed by atoms with Crippen LogP contribution >= 0.6 is 11.6 Å². The molecular formula is C14H19ClN2O2. The largest absolute Gasteiger partial charge is 0.493 e. The maximum atomic E-state index is 6.01. The van der Waals surface area contributed by atoms with Crippen molar-refractivity contribution in [1.82, 2.24) is 9.55 Å². The molecule has 0 unspecified atom stereocenters. The van der Waals surface area contributed by atoms with Gasteiger partial charge in [-0.05, 0) is 20.8 Å². The first-order chi connectivity index (χ1) is 8.92. The molecule has 2 aromatic rings. The zero-order valence-electron chi connectivity index (χ0n) is 12.0. The van der Waals surface area contributed by atoms with Crippen molar-refractivity contribution in [2.75, 3.05) is 14.2 Å². The Morgan fingerprint density at radius 2 is 1.74 bits per heavy atom. The molecule has 1 aromatic heterocycles. The monoisotopic (exact) mass is 282 g/mol. The summed E-state index contributed by atoms with van der Waals surface area (Å²) in [4.78, 5) is 4.58. The summed E-state index contributed by atoms with van der Waals surface area (Å²) in [6.45, 7) is 6.38. The maximum Gasteiger partial charge on any atom is 0.163 e. The van der Waals surface area contributed by atoms with E-state index in [9.17, 15) is 0 Å². The van der Waals surface area contributed by atoms with E-state index in [1.165, 1.54) is 0 Å². The van der Waals surface area contributed by atoms with Gasteiger partial charge in [-0.1, -0.05) is 0 Å². The molecule has 0 amide bonds. The molecule has 0 N–H and O–H groups in total. The van der Waals surface area contributed by atoms with Gasteiger partial charge in [0.05, 0.1) is 31.1 Å². The normalized spacial score (nSPS) is 11.9. The van der Waals surface area contributed by atoms with E-state index in [2.05, 4.69) is 30.3 Å². The molecule has 4 nitrogen and oxygen atoms in total. The molecule has 0 atom stereocenters. The van der Waals surface area contributed by atoms with Crippen LogP contribution in [-0.2, 0) is 11.4 Å². The van der Waals surface area contributed by atoms with Crippen molar-refractivity contribution in [2.45, 2.75) is 32.2 Å². The smallest absolute Gasteiger partial charge is 0.163 e. The highest BCUT2D eigenvalue weighted by Crippen LogP contribution is 2.35. The summed E-state index contributed by atoms with van der Waals surface area (Å²) >= 11 is 6.01. The molecule has 0 aliphatic rings. The zero-order valence-corrected chi connectivity index (χ0v) is 12.7. The molecule has 0 aliphatic carbocycles. The highest BCUT2D eigenvalue weighted by Gasteiger charge is 2.22. The van der Waals surface area contributed by atoms with Crippen LogP contribution in [0.5, 0.6) is 11.5 Å². The molecule has 0 aliphatic heterocycles. The topological polar surface area (TPSA) is 36.3 Å². The first kappa shape index (κ1) is 14.0. The van der Waals surface area contributed by atoms with E-state index in [0.717, 1.165) is 16.9 Å². The summed E-state index contributed by atoms with van der Waals surface area (Å²) in [7, 11) is 3.25. The van der Waals surface area contributed by atoms with E-state index >= 15 is 0 Å². The van der Waals surface area contributed by atoms with Gasteiger partial charge < -0.3 is 14.0 Å². The van der Waals surface area contributed by atoms with Gasteiger partial charge in [-0.25, -0.2) is 4.98 Å². The number of hydrogen-bond donors (Lipinski definition) is 0. The first-order valence-electron chi connectivity index (χ1n) is 6.12. The van der Waals surface area contributed by atoms with Gasteiger partial charge in [0.2, 0.25) is 0 Å². The Balaban J connectivity index is 2.80. The predicted molar refractivity (Wildman–Crippen MR) is 77.4 cm³/mol. The molecule has 2 rings (SSSR count). The SMILES string of the molecule is COc1cc2nc(CCl)n(C(C)(C)C)c2cc1OC. The van der Waals surface area contributed by atoms with Crippen LogP contribution in [0.15, 0.2) is 12.1 Å². The van der Waals surface area contributed by atoms with Crippen molar-refractivity contribution in [3.05, 3.63) is 18.0 Å². The van der Waals surface area contributed by atoms with E-state index < -0.39 is 0 Å². The van der Waals surface area contributed by atoms with Gasteiger partial charge in [0, 0.05) is 17.7 Å². The van der Waals surface area contributed by atoms with Crippen molar-refractivity contribution < 1.29 is 9.47 Å². The second-order valence-electron chi connectivity index (χ2n) is 5.36. The van der Waals surface area contributed by atoms with Crippen LogP contribution in [0, 0.1) is 0 Å². The molecule has 104 valence electrons. The minimum Gasteiger partial charge on any atom is -0.493 e. The fourth-order valence-corrected chi connectivity index (χ4v) is 2.47. The molecule has 1 heterocycles.